The number of rotatable bonds is 5. The molecule has 2 rings (SSSR count). The summed E-state index contributed by atoms with van der Waals surface area (Å²) < 4.78 is 27.2. The first-order valence-electron chi connectivity index (χ1n) is 5.98. The van der Waals surface area contributed by atoms with Crippen molar-refractivity contribution in [3.05, 3.63) is 46.2 Å². The number of carbonyl (C=O) groups is 1. The second-order valence-electron chi connectivity index (χ2n) is 4.46. The maximum Gasteiger partial charge on any atom is 0.337 e. The molecule has 0 bridgehead atoms. The van der Waals surface area contributed by atoms with Crippen molar-refractivity contribution in [2.24, 2.45) is 0 Å². The van der Waals surface area contributed by atoms with Crippen molar-refractivity contribution in [3.63, 3.8) is 0 Å². The molecule has 21 heavy (non-hydrogen) atoms. The van der Waals surface area contributed by atoms with E-state index in [0.29, 0.717) is 0 Å². The number of hydrogen-bond donors (Lipinski definition) is 3. The van der Waals surface area contributed by atoms with Crippen LogP contribution in [0.5, 0.6) is 0 Å². The Balaban J connectivity index is 2.40. The predicted molar refractivity (Wildman–Crippen MR) is 80.9 cm³/mol. The first-order chi connectivity index (χ1) is 9.81. The second kappa shape index (κ2) is 5.84. The third-order valence-corrected chi connectivity index (χ3v) is 5.18. The van der Waals surface area contributed by atoms with Crippen molar-refractivity contribution in [3.8, 4) is 0 Å². The van der Waals surface area contributed by atoms with Crippen molar-refractivity contribution in [1.82, 2.24) is 4.72 Å². The van der Waals surface area contributed by atoms with Crippen LogP contribution in [-0.2, 0) is 10.0 Å². The number of benzene rings is 1. The molecule has 0 aliphatic heterocycles. The molecule has 0 fully saturated rings. The molecular formula is C13H14N2O4S2. The van der Waals surface area contributed by atoms with Gasteiger partial charge in [0.25, 0.3) is 0 Å². The molecular weight excluding hydrogens is 312 g/mol. The molecule has 6 nitrogen and oxygen atoms in total. The van der Waals surface area contributed by atoms with Crippen molar-refractivity contribution in [2.75, 3.05) is 5.73 Å². The van der Waals surface area contributed by atoms with E-state index in [0.717, 1.165) is 11.6 Å². The number of nitrogens with one attached hydrogen (secondary N) is 1. The highest BCUT2D eigenvalue weighted by atomic mass is 32.2. The van der Waals surface area contributed by atoms with Crippen LogP contribution in [0.1, 0.15) is 28.9 Å². The normalized spacial score (nSPS) is 13.0. The Labute approximate surface area is 126 Å². The van der Waals surface area contributed by atoms with Gasteiger partial charge in [0.15, 0.2) is 0 Å². The fourth-order valence-corrected chi connectivity index (χ4v) is 4.04. The minimum Gasteiger partial charge on any atom is -0.478 e. The fraction of sp³-hybridized carbons (Fsp3) is 0.154. The number of anilines is 1. The van der Waals surface area contributed by atoms with E-state index in [9.17, 15) is 13.2 Å². The Morgan fingerprint density at radius 3 is 2.67 bits per heavy atom. The molecule has 0 saturated heterocycles. The van der Waals surface area contributed by atoms with Crippen LogP contribution in [0.2, 0.25) is 0 Å². The largest absolute Gasteiger partial charge is 0.478 e. The zero-order valence-corrected chi connectivity index (χ0v) is 12.7. The average Bonchev–Trinajstić information content (AvgIpc) is 2.91. The summed E-state index contributed by atoms with van der Waals surface area (Å²) in [6.45, 7) is 1.69. The van der Waals surface area contributed by atoms with Gasteiger partial charge in [-0.3, -0.25) is 0 Å². The number of nitrogens with two attached hydrogens (primary N) is 1. The van der Waals surface area contributed by atoms with E-state index in [4.69, 9.17) is 10.8 Å². The molecule has 2 aromatic rings. The highest BCUT2D eigenvalue weighted by Gasteiger charge is 2.24. The molecule has 1 aromatic heterocycles. The summed E-state index contributed by atoms with van der Waals surface area (Å²) in [6, 6.07) is 5.01. The van der Waals surface area contributed by atoms with Gasteiger partial charge >= 0.3 is 5.97 Å². The van der Waals surface area contributed by atoms with E-state index < -0.39 is 22.0 Å². The monoisotopic (exact) mass is 326 g/mol. The lowest BCUT2D eigenvalue weighted by Gasteiger charge is -2.15. The minimum absolute atomic E-state index is 0.184. The number of carboxylic acid groups (broad SMARTS) is 1. The Morgan fingerprint density at radius 2 is 2.10 bits per heavy atom. The summed E-state index contributed by atoms with van der Waals surface area (Å²) in [7, 11) is -3.99. The molecule has 0 aliphatic carbocycles. The summed E-state index contributed by atoms with van der Waals surface area (Å²) >= 11 is 1.45. The minimum atomic E-state index is -3.99. The van der Waals surface area contributed by atoms with Crippen LogP contribution >= 0.6 is 11.3 Å². The van der Waals surface area contributed by atoms with Crippen molar-refractivity contribution >= 4 is 33.0 Å². The maximum absolute atomic E-state index is 12.4. The van der Waals surface area contributed by atoms with E-state index in [1.54, 1.807) is 13.0 Å². The number of hydrogen-bond acceptors (Lipinski definition) is 5. The number of sulfonamides is 1. The quantitative estimate of drug-likeness (QED) is 0.729. The molecule has 8 heteroatoms. The van der Waals surface area contributed by atoms with E-state index in [-0.39, 0.29) is 16.1 Å². The first-order valence-corrected chi connectivity index (χ1v) is 8.41. The molecule has 1 unspecified atom stereocenters. The van der Waals surface area contributed by atoms with Crippen LogP contribution in [0, 0.1) is 0 Å². The van der Waals surface area contributed by atoms with Gasteiger partial charge in [0.2, 0.25) is 10.0 Å². The first kappa shape index (κ1) is 15.5. The third-order valence-electron chi connectivity index (χ3n) is 2.90. The lowest BCUT2D eigenvalue weighted by atomic mass is 10.2. The summed E-state index contributed by atoms with van der Waals surface area (Å²) in [5, 5.41) is 12.8. The zero-order chi connectivity index (χ0) is 15.6. The Morgan fingerprint density at radius 1 is 1.38 bits per heavy atom. The van der Waals surface area contributed by atoms with E-state index in [2.05, 4.69) is 4.72 Å². The van der Waals surface area contributed by atoms with Gasteiger partial charge in [-0.1, -0.05) is 0 Å². The van der Waals surface area contributed by atoms with Gasteiger partial charge in [0, 0.05) is 11.7 Å². The molecule has 0 radical (unpaired) electrons. The van der Waals surface area contributed by atoms with Crippen molar-refractivity contribution in [2.45, 2.75) is 17.9 Å². The van der Waals surface area contributed by atoms with Crippen LogP contribution in [-0.4, -0.2) is 19.5 Å². The zero-order valence-electron chi connectivity index (χ0n) is 11.1. The van der Waals surface area contributed by atoms with Crippen LogP contribution in [0.25, 0.3) is 0 Å². The van der Waals surface area contributed by atoms with E-state index >= 15 is 0 Å². The van der Waals surface area contributed by atoms with Crippen LogP contribution in [0.4, 0.5) is 5.69 Å². The maximum atomic E-state index is 12.4. The van der Waals surface area contributed by atoms with Gasteiger partial charge < -0.3 is 10.8 Å². The van der Waals surface area contributed by atoms with Crippen molar-refractivity contribution < 1.29 is 18.3 Å². The molecule has 112 valence electrons. The van der Waals surface area contributed by atoms with Crippen molar-refractivity contribution in [1.29, 1.82) is 0 Å². The fourth-order valence-electron chi connectivity index (χ4n) is 1.82. The summed E-state index contributed by atoms with van der Waals surface area (Å²) in [5.41, 5.74) is 6.25. The Kier molecular flexibility index (Phi) is 4.31. The third kappa shape index (κ3) is 3.41. The summed E-state index contributed by atoms with van der Waals surface area (Å²) in [5.74, 6) is -1.32. The predicted octanol–water partition coefficient (Wildman–Crippen LogP) is 2.07. The standard InChI is InChI=1S/C13H14N2O4S2/c1-8(9-4-5-20-7-9)15-21(18,19)12-6-10(14)2-3-11(12)13(16)17/h2-8,15H,14H2,1H3,(H,16,17). The van der Waals surface area contributed by atoms with E-state index in [1.165, 1.54) is 23.5 Å². The molecule has 1 heterocycles. The van der Waals surface area contributed by atoms with Gasteiger partial charge in [-0.2, -0.15) is 11.3 Å². The molecule has 1 aromatic carbocycles. The second-order valence-corrected chi connectivity index (χ2v) is 6.92. The van der Waals surface area contributed by atoms with Gasteiger partial charge in [-0.05, 0) is 47.5 Å². The number of nitrogen functional groups attached to an aromatic ring is 1. The molecule has 0 saturated carbocycles. The molecule has 0 aliphatic rings. The van der Waals surface area contributed by atoms with Gasteiger partial charge in [-0.15, -0.1) is 0 Å². The van der Waals surface area contributed by atoms with Crippen LogP contribution < -0.4 is 10.5 Å². The molecule has 1 atom stereocenters. The van der Waals surface area contributed by atoms with Gasteiger partial charge in [0.05, 0.1) is 10.5 Å². The average molecular weight is 326 g/mol. The topological polar surface area (TPSA) is 109 Å². The Hall–Kier alpha value is -1.90. The molecule has 0 spiro atoms. The summed E-state index contributed by atoms with van der Waals surface area (Å²) in [6.07, 6.45) is 0. The van der Waals surface area contributed by atoms with Crippen LogP contribution in [0.3, 0.4) is 0 Å². The molecule has 4 N–H and O–H groups in total. The van der Waals surface area contributed by atoms with Gasteiger partial charge in [-0.25, -0.2) is 17.9 Å². The van der Waals surface area contributed by atoms with E-state index in [1.807, 2.05) is 10.8 Å². The highest BCUT2D eigenvalue weighted by molar-refractivity contribution is 7.89. The van der Waals surface area contributed by atoms with Gasteiger partial charge in [0.1, 0.15) is 0 Å². The van der Waals surface area contributed by atoms with Crippen LogP contribution in [0.15, 0.2) is 39.9 Å². The number of thiophene rings is 1. The molecule has 0 amide bonds. The number of carboxylic acids is 1. The smallest absolute Gasteiger partial charge is 0.337 e. The number of aromatic carboxylic acids is 1. The lowest BCUT2D eigenvalue weighted by Crippen LogP contribution is -2.28. The summed E-state index contributed by atoms with van der Waals surface area (Å²) in [4.78, 5) is 10.8. The highest BCUT2D eigenvalue weighted by Crippen LogP contribution is 2.23. The lowest BCUT2D eigenvalue weighted by molar-refractivity contribution is 0.0692. The SMILES string of the molecule is CC(NS(=O)(=O)c1cc(N)ccc1C(=O)O)c1ccsc1. The Bertz CT molecular complexity index is 754.